The lowest BCUT2D eigenvalue weighted by Gasteiger charge is -2.36. The number of aromatic nitrogens is 2. The third-order valence-corrected chi connectivity index (χ3v) is 6.30. The Labute approximate surface area is 194 Å². The fourth-order valence-corrected chi connectivity index (χ4v) is 4.43. The molecule has 0 spiro atoms. The van der Waals surface area contributed by atoms with Gasteiger partial charge in [-0.2, -0.15) is 0 Å². The summed E-state index contributed by atoms with van der Waals surface area (Å²) >= 11 is 0. The monoisotopic (exact) mass is 440 g/mol. The Kier molecular flexibility index (Phi) is 6.09. The van der Waals surface area contributed by atoms with Crippen LogP contribution in [0.25, 0.3) is 11.0 Å². The molecule has 3 heterocycles. The fraction of sp³-hybridized carbons (Fsp3) is 0.259. The number of methoxy groups -OCH3 is 1. The lowest BCUT2D eigenvalue weighted by atomic mass is 10.1. The molecule has 0 N–H and O–H groups in total. The molecule has 0 saturated carbocycles. The summed E-state index contributed by atoms with van der Waals surface area (Å²) in [6, 6.07) is 22.6. The van der Waals surface area contributed by atoms with Crippen LogP contribution in [0.15, 0.2) is 79.1 Å². The quantitative estimate of drug-likeness (QED) is 0.421. The van der Waals surface area contributed by atoms with Crippen molar-refractivity contribution in [2.45, 2.75) is 13.1 Å². The van der Waals surface area contributed by atoms with Crippen LogP contribution in [0.1, 0.15) is 21.5 Å². The average molecular weight is 441 g/mol. The Morgan fingerprint density at radius 3 is 2.36 bits per heavy atom. The Morgan fingerprint density at radius 1 is 0.909 bits per heavy atom. The average Bonchev–Trinajstić information content (AvgIpc) is 3.27. The van der Waals surface area contributed by atoms with E-state index in [9.17, 15) is 4.79 Å². The van der Waals surface area contributed by atoms with Crippen LogP contribution in [-0.4, -0.2) is 53.7 Å². The summed E-state index contributed by atoms with van der Waals surface area (Å²) in [6.45, 7) is 5.83. The van der Waals surface area contributed by atoms with Crippen molar-refractivity contribution in [2.24, 2.45) is 0 Å². The smallest absolute Gasteiger partial charge is 0.337 e. The van der Waals surface area contributed by atoms with Gasteiger partial charge in [-0.3, -0.25) is 4.90 Å². The summed E-state index contributed by atoms with van der Waals surface area (Å²) in [4.78, 5) is 21.4. The zero-order valence-corrected chi connectivity index (χ0v) is 18.9. The summed E-state index contributed by atoms with van der Waals surface area (Å²) in [7, 11) is 1.40. The van der Waals surface area contributed by atoms with E-state index in [0.717, 1.165) is 49.3 Å². The number of ether oxygens (including phenoxy) is 1. The van der Waals surface area contributed by atoms with Crippen molar-refractivity contribution in [2.75, 3.05) is 38.2 Å². The standard InChI is InChI=1S/C27H28N4O2/c1-33-27(32)23-9-7-22(8-10-23)20-31-12-11-24-17-25(18-28-26(24)31)30-15-13-29(14-16-30)19-21-5-3-2-4-6-21/h2-12,17-18H,13-16,19-20H2,1H3. The van der Waals surface area contributed by atoms with Gasteiger partial charge in [0.15, 0.2) is 0 Å². The Hall–Kier alpha value is -3.64. The first-order chi connectivity index (χ1) is 16.2. The number of piperazine rings is 1. The number of fused-ring (bicyclic) bond motifs is 1. The molecule has 0 atom stereocenters. The number of carbonyl (C=O) groups excluding carboxylic acids is 1. The second-order valence-electron chi connectivity index (χ2n) is 8.49. The third kappa shape index (κ3) is 4.76. The van der Waals surface area contributed by atoms with Gasteiger partial charge >= 0.3 is 5.97 Å². The van der Waals surface area contributed by atoms with Gasteiger partial charge < -0.3 is 14.2 Å². The van der Waals surface area contributed by atoms with Gasteiger partial charge in [0.1, 0.15) is 5.65 Å². The maximum absolute atomic E-state index is 11.6. The molecule has 0 amide bonds. The van der Waals surface area contributed by atoms with Crippen molar-refractivity contribution >= 4 is 22.7 Å². The van der Waals surface area contributed by atoms with Gasteiger partial charge in [0.25, 0.3) is 0 Å². The van der Waals surface area contributed by atoms with Gasteiger partial charge in [0.05, 0.1) is 24.6 Å². The van der Waals surface area contributed by atoms with E-state index in [0.29, 0.717) is 12.1 Å². The number of hydrogen-bond donors (Lipinski definition) is 0. The Balaban J connectivity index is 1.23. The van der Waals surface area contributed by atoms with Gasteiger partial charge in [-0.25, -0.2) is 9.78 Å². The van der Waals surface area contributed by atoms with E-state index >= 15 is 0 Å². The molecule has 168 valence electrons. The third-order valence-electron chi connectivity index (χ3n) is 6.30. The summed E-state index contributed by atoms with van der Waals surface area (Å²) in [5.41, 5.74) is 5.20. The minimum atomic E-state index is -0.317. The van der Waals surface area contributed by atoms with Crippen LogP contribution in [0.5, 0.6) is 0 Å². The van der Waals surface area contributed by atoms with Gasteiger partial charge in [-0.05, 0) is 35.4 Å². The molecule has 1 aliphatic rings. The second-order valence-corrected chi connectivity index (χ2v) is 8.49. The van der Waals surface area contributed by atoms with Crippen LogP contribution in [0.3, 0.4) is 0 Å². The van der Waals surface area contributed by atoms with E-state index < -0.39 is 0 Å². The minimum absolute atomic E-state index is 0.317. The molecule has 33 heavy (non-hydrogen) atoms. The molecule has 1 saturated heterocycles. The highest BCUT2D eigenvalue weighted by Crippen LogP contribution is 2.23. The van der Waals surface area contributed by atoms with E-state index in [1.807, 2.05) is 18.3 Å². The van der Waals surface area contributed by atoms with Gasteiger partial charge in [0, 0.05) is 50.9 Å². The number of anilines is 1. The minimum Gasteiger partial charge on any atom is -0.465 e. The number of rotatable bonds is 6. The zero-order valence-electron chi connectivity index (χ0n) is 18.9. The van der Waals surface area contributed by atoms with Crippen molar-refractivity contribution in [1.29, 1.82) is 0 Å². The van der Waals surface area contributed by atoms with E-state index in [2.05, 4.69) is 63.0 Å². The molecular weight excluding hydrogens is 412 g/mol. The summed E-state index contributed by atoms with van der Waals surface area (Å²) in [6.07, 6.45) is 4.07. The van der Waals surface area contributed by atoms with Crippen LogP contribution >= 0.6 is 0 Å². The molecular formula is C27H28N4O2. The SMILES string of the molecule is COC(=O)c1ccc(Cn2ccc3cc(N4CCN(Cc5ccccc5)CC4)cnc32)cc1. The Morgan fingerprint density at radius 2 is 1.64 bits per heavy atom. The molecule has 0 aliphatic carbocycles. The van der Waals surface area contributed by atoms with Gasteiger partial charge in [0.2, 0.25) is 0 Å². The van der Waals surface area contributed by atoms with Crippen LogP contribution in [-0.2, 0) is 17.8 Å². The largest absolute Gasteiger partial charge is 0.465 e. The lowest BCUT2D eigenvalue weighted by Crippen LogP contribution is -2.46. The van der Waals surface area contributed by atoms with Crippen molar-refractivity contribution in [3.05, 3.63) is 95.8 Å². The molecule has 0 unspecified atom stereocenters. The molecule has 1 aliphatic heterocycles. The number of hydrogen-bond acceptors (Lipinski definition) is 5. The molecule has 4 aromatic rings. The molecule has 1 fully saturated rings. The first-order valence-electron chi connectivity index (χ1n) is 11.3. The van der Waals surface area contributed by atoms with E-state index in [1.165, 1.54) is 18.4 Å². The molecule has 0 radical (unpaired) electrons. The maximum Gasteiger partial charge on any atom is 0.337 e. The summed E-state index contributed by atoms with van der Waals surface area (Å²) in [5.74, 6) is -0.317. The topological polar surface area (TPSA) is 50.6 Å². The van der Waals surface area contributed by atoms with Crippen LogP contribution < -0.4 is 4.90 Å². The molecule has 5 rings (SSSR count). The zero-order chi connectivity index (χ0) is 22.6. The predicted octanol–water partition coefficient (Wildman–Crippen LogP) is 4.19. The highest BCUT2D eigenvalue weighted by atomic mass is 16.5. The van der Waals surface area contributed by atoms with Crippen LogP contribution in [0, 0.1) is 0 Å². The summed E-state index contributed by atoms with van der Waals surface area (Å²) < 4.78 is 6.92. The highest BCUT2D eigenvalue weighted by molar-refractivity contribution is 5.89. The number of pyridine rings is 1. The van der Waals surface area contributed by atoms with Crippen molar-refractivity contribution in [1.82, 2.24) is 14.5 Å². The van der Waals surface area contributed by atoms with E-state index in [1.54, 1.807) is 12.1 Å². The molecule has 0 bridgehead atoms. The number of benzene rings is 2. The number of esters is 1. The van der Waals surface area contributed by atoms with Crippen molar-refractivity contribution in [3.8, 4) is 0 Å². The first kappa shape index (κ1) is 21.2. The normalized spacial score (nSPS) is 14.5. The molecule has 6 heteroatoms. The molecule has 2 aromatic heterocycles. The lowest BCUT2D eigenvalue weighted by molar-refractivity contribution is 0.0600. The highest BCUT2D eigenvalue weighted by Gasteiger charge is 2.18. The van der Waals surface area contributed by atoms with Crippen LogP contribution in [0.4, 0.5) is 5.69 Å². The van der Waals surface area contributed by atoms with Gasteiger partial charge in [-0.15, -0.1) is 0 Å². The second kappa shape index (κ2) is 9.46. The maximum atomic E-state index is 11.6. The summed E-state index contributed by atoms with van der Waals surface area (Å²) in [5, 5.41) is 1.14. The van der Waals surface area contributed by atoms with Gasteiger partial charge in [-0.1, -0.05) is 42.5 Å². The Bertz CT molecular complexity index is 1230. The molecule has 2 aromatic carbocycles. The number of carbonyl (C=O) groups is 1. The molecule has 6 nitrogen and oxygen atoms in total. The van der Waals surface area contributed by atoms with Crippen LogP contribution in [0.2, 0.25) is 0 Å². The van der Waals surface area contributed by atoms with Crippen molar-refractivity contribution < 1.29 is 9.53 Å². The van der Waals surface area contributed by atoms with E-state index in [4.69, 9.17) is 9.72 Å². The van der Waals surface area contributed by atoms with Crippen molar-refractivity contribution in [3.63, 3.8) is 0 Å². The predicted molar refractivity (Wildman–Crippen MR) is 131 cm³/mol. The number of nitrogens with zero attached hydrogens (tertiary/aromatic N) is 4. The van der Waals surface area contributed by atoms with E-state index in [-0.39, 0.29) is 5.97 Å². The fourth-order valence-electron chi connectivity index (χ4n) is 4.43. The first-order valence-corrected chi connectivity index (χ1v) is 11.3.